The van der Waals surface area contributed by atoms with Crippen molar-refractivity contribution < 1.29 is 14.6 Å². The Hall–Kier alpha value is -2.95. The van der Waals surface area contributed by atoms with Crippen molar-refractivity contribution in [2.45, 2.75) is 49.8 Å². The molecule has 0 saturated heterocycles. The average molecular weight is 495 g/mol. The number of anilines is 2. The van der Waals surface area contributed by atoms with Crippen LogP contribution in [-0.4, -0.2) is 57.5 Å². The first-order valence-electron chi connectivity index (χ1n) is 11.9. The van der Waals surface area contributed by atoms with Gasteiger partial charge in [0.2, 0.25) is 11.8 Å². The number of nitrogens with one attached hydrogen (secondary N) is 3. The summed E-state index contributed by atoms with van der Waals surface area (Å²) < 4.78 is 5.26. The zero-order valence-electron chi connectivity index (χ0n) is 19.9. The van der Waals surface area contributed by atoms with Crippen molar-refractivity contribution >= 4 is 40.2 Å². The minimum absolute atomic E-state index is 0.0140. The lowest BCUT2D eigenvalue weighted by atomic mass is 9.83. The van der Waals surface area contributed by atoms with E-state index in [4.69, 9.17) is 4.74 Å². The number of aryl methyl sites for hydroxylation is 1. The van der Waals surface area contributed by atoms with Gasteiger partial charge in [0, 0.05) is 31.4 Å². The van der Waals surface area contributed by atoms with E-state index < -0.39 is 6.10 Å². The van der Waals surface area contributed by atoms with Gasteiger partial charge < -0.3 is 25.8 Å². The number of fused-ring (bicyclic) bond motifs is 2. The summed E-state index contributed by atoms with van der Waals surface area (Å²) >= 11 is 1.52. The van der Waals surface area contributed by atoms with Crippen LogP contribution in [0.1, 0.15) is 30.5 Å². The Morgan fingerprint density at radius 3 is 2.97 bits per heavy atom. The van der Waals surface area contributed by atoms with Crippen molar-refractivity contribution in [3.8, 4) is 5.88 Å². The predicted octanol–water partition coefficient (Wildman–Crippen LogP) is 3.12. The van der Waals surface area contributed by atoms with Crippen molar-refractivity contribution in [1.82, 2.24) is 20.3 Å². The number of aromatic nitrogens is 3. The Kier molecular flexibility index (Phi) is 7.03. The van der Waals surface area contributed by atoms with Gasteiger partial charge in [-0.1, -0.05) is 0 Å². The highest BCUT2D eigenvalue weighted by Gasteiger charge is 2.29. The Morgan fingerprint density at radius 1 is 1.26 bits per heavy atom. The molecule has 1 unspecified atom stereocenters. The highest BCUT2D eigenvalue weighted by atomic mass is 32.2. The molecule has 1 amide bonds. The first kappa shape index (κ1) is 23.8. The second-order valence-electron chi connectivity index (χ2n) is 9.13. The molecule has 3 aromatic rings. The minimum Gasteiger partial charge on any atom is -0.481 e. The second kappa shape index (κ2) is 10.3. The SMILES string of the molecule is COc1ccc2nccc(NCC3CC[C@@H](NCc4nc5c(cc4C)SCC(=O)N5)[C@H](O)C3)c2n1. The fourth-order valence-corrected chi connectivity index (χ4v) is 5.57. The van der Waals surface area contributed by atoms with Gasteiger partial charge in [-0.3, -0.25) is 9.78 Å². The van der Waals surface area contributed by atoms with Gasteiger partial charge in [-0.15, -0.1) is 11.8 Å². The van der Waals surface area contributed by atoms with Crippen LogP contribution >= 0.6 is 11.8 Å². The normalized spacial score (nSPS) is 21.9. The second-order valence-corrected chi connectivity index (χ2v) is 10.1. The fraction of sp³-hybridized carbons (Fsp3) is 0.440. The summed E-state index contributed by atoms with van der Waals surface area (Å²) in [6, 6.07) is 7.72. The topological polar surface area (TPSA) is 121 Å². The monoisotopic (exact) mass is 494 g/mol. The number of nitrogens with zero attached hydrogens (tertiary/aromatic N) is 3. The van der Waals surface area contributed by atoms with Crippen LogP contribution in [-0.2, 0) is 11.3 Å². The number of ether oxygens (including phenoxy) is 1. The zero-order valence-corrected chi connectivity index (χ0v) is 20.7. The van der Waals surface area contributed by atoms with E-state index in [-0.39, 0.29) is 11.9 Å². The molecule has 35 heavy (non-hydrogen) atoms. The van der Waals surface area contributed by atoms with Crippen molar-refractivity contribution in [2.75, 3.05) is 30.0 Å². The van der Waals surface area contributed by atoms with Crippen LogP contribution in [0.15, 0.2) is 35.4 Å². The molecule has 4 N–H and O–H groups in total. The quantitative estimate of drug-likeness (QED) is 0.392. The molecule has 5 rings (SSSR count). The van der Waals surface area contributed by atoms with Crippen LogP contribution < -0.4 is 20.7 Å². The smallest absolute Gasteiger partial charge is 0.235 e. The zero-order chi connectivity index (χ0) is 24.4. The highest BCUT2D eigenvalue weighted by Crippen LogP contribution is 2.32. The number of hydrogen-bond donors (Lipinski definition) is 4. The summed E-state index contributed by atoms with van der Waals surface area (Å²) in [6.45, 7) is 3.35. The number of methoxy groups -OCH3 is 1. The Balaban J connectivity index is 1.16. The van der Waals surface area contributed by atoms with Crippen LogP contribution in [0, 0.1) is 12.8 Å². The lowest BCUT2D eigenvalue weighted by Crippen LogP contribution is -2.45. The molecule has 4 heterocycles. The number of pyridine rings is 3. The van der Waals surface area contributed by atoms with Crippen LogP contribution in [0.3, 0.4) is 0 Å². The van der Waals surface area contributed by atoms with Crippen molar-refractivity contribution in [2.24, 2.45) is 5.92 Å². The summed E-state index contributed by atoms with van der Waals surface area (Å²) in [7, 11) is 1.60. The van der Waals surface area contributed by atoms with E-state index in [1.807, 2.05) is 19.1 Å². The molecule has 2 aliphatic rings. The molecule has 1 saturated carbocycles. The molecule has 1 aliphatic heterocycles. The number of carbonyl (C=O) groups is 1. The van der Waals surface area contributed by atoms with Gasteiger partial charge in [0.15, 0.2) is 0 Å². The van der Waals surface area contributed by atoms with E-state index in [0.29, 0.717) is 36.3 Å². The Morgan fingerprint density at radius 2 is 2.14 bits per heavy atom. The number of hydrogen-bond acceptors (Lipinski definition) is 9. The lowest BCUT2D eigenvalue weighted by molar-refractivity contribution is -0.113. The molecule has 184 valence electrons. The molecule has 3 aromatic heterocycles. The van der Waals surface area contributed by atoms with Gasteiger partial charge in [-0.05, 0) is 55.9 Å². The van der Waals surface area contributed by atoms with Gasteiger partial charge in [0.05, 0.1) is 40.8 Å². The van der Waals surface area contributed by atoms with Crippen molar-refractivity contribution in [3.63, 3.8) is 0 Å². The first-order chi connectivity index (χ1) is 17.0. The molecule has 0 aromatic carbocycles. The van der Waals surface area contributed by atoms with Crippen molar-refractivity contribution in [1.29, 1.82) is 0 Å². The van der Waals surface area contributed by atoms with Crippen LogP contribution in [0.25, 0.3) is 11.0 Å². The standard InChI is InChI=1S/C25H30N6O3S/c1-14-9-21-25(30-22(33)13-35-21)29-19(14)12-28-16-4-3-15(10-20(16)32)11-27-18-7-8-26-17-5-6-23(34-2)31-24(17)18/h5-9,15-16,20,28,32H,3-4,10-13H2,1-2H3,(H,26,27)(H,29,30,33)/t15?,16-,20-/m1/s1. The summed E-state index contributed by atoms with van der Waals surface area (Å²) in [5.41, 5.74) is 4.50. The third-order valence-corrected chi connectivity index (χ3v) is 7.73. The lowest BCUT2D eigenvalue weighted by Gasteiger charge is -2.34. The minimum atomic E-state index is -0.434. The molecule has 0 bridgehead atoms. The number of aliphatic hydroxyl groups is 1. The van der Waals surface area contributed by atoms with Crippen LogP contribution in [0.2, 0.25) is 0 Å². The summed E-state index contributed by atoms with van der Waals surface area (Å²) in [4.78, 5) is 26.3. The highest BCUT2D eigenvalue weighted by molar-refractivity contribution is 8.00. The average Bonchev–Trinajstić information content (AvgIpc) is 2.86. The molecule has 0 spiro atoms. The molecular formula is C25H30N6O3S. The van der Waals surface area contributed by atoms with Gasteiger partial charge in [0.1, 0.15) is 11.3 Å². The molecule has 3 atom stereocenters. The van der Waals surface area contributed by atoms with E-state index in [1.165, 1.54) is 11.8 Å². The van der Waals surface area contributed by atoms with E-state index in [2.05, 4.69) is 37.0 Å². The third kappa shape index (κ3) is 5.34. The first-order valence-corrected chi connectivity index (χ1v) is 12.9. The van der Waals surface area contributed by atoms with Gasteiger partial charge >= 0.3 is 0 Å². The number of rotatable bonds is 7. The molecule has 9 nitrogen and oxygen atoms in total. The predicted molar refractivity (Wildman–Crippen MR) is 137 cm³/mol. The molecule has 1 aliphatic carbocycles. The largest absolute Gasteiger partial charge is 0.481 e. The number of amides is 1. The fourth-order valence-electron chi connectivity index (χ4n) is 4.72. The van der Waals surface area contributed by atoms with Gasteiger partial charge in [-0.25, -0.2) is 9.97 Å². The number of carbonyl (C=O) groups excluding carboxylic acids is 1. The van der Waals surface area contributed by atoms with Gasteiger partial charge in [0.25, 0.3) is 0 Å². The Bertz CT molecular complexity index is 1240. The molecule has 10 heteroatoms. The van der Waals surface area contributed by atoms with Crippen molar-refractivity contribution in [3.05, 3.63) is 41.7 Å². The summed E-state index contributed by atoms with van der Waals surface area (Å²) in [6.07, 6.45) is 3.94. The maximum Gasteiger partial charge on any atom is 0.235 e. The van der Waals surface area contributed by atoms with E-state index in [1.54, 1.807) is 19.4 Å². The number of aliphatic hydroxyl groups excluding tert-OH is 1. The third-order valence-electron chi connectivity index (χ3n) is 6.71. The summed E-state index contributed by atoms with van der Waals surface area (Å²) in [5.74, 6) is 1.96. The van der Waals surface area contributed by atoms with Gasteiger partial charge in [-0.2, -0.15) is 0 Å². The molecule has 1 fully saturated rings. The van der Waals surface area contributed by atoms with E-state index in [0.717, 1.165) is 52.3 Å². The van der Waals surface area contributed by atoms with Crippen LogP contribution in [0.5, 0.6) is 5.88 Å². The maximum absolute atomic E-state index is 11.7. The van der Waals surface area contributed by atoms with E-state index in [9.17, 15) is 9.90 Å². The number of thioether (sulfide) groups is 1. The van der Waals surface area contributed by atoms with E-state index >= 15 is 0 Å². The molecular weight excluding hydrogens is 464 g/mol. The Labute approximate surface area is 208 Å². The van der Waals surface area contributed by atoms with Crippen LogP contribution in [0.4, 0.5) is 11.5 Å². The maximum atomic E-state index is 11.7. The molecule has 0 radical (unpaired) electrons. The summed E-state index contributed by atoms with van der Waals surface area (Å²) in [5, 5.41) is 20.7.